The zero-order chi connectivity index (χ0) is 36.4. The number of hydrogen-bond donors (Lipinski definition) is 7. The number of benzene rings is 3. The standard InChI is InChI=1S/C36H40O15/c1-17-29(41)31(43)33(45)35(47-17)51-34-32(44)30(42)26(16-46-27(40)12-7-18-5-3-2-4-6-18)50-36(34)48-21-13-22(38)28-23(39)15-24(49-25(28)14-21)19-8-10-20(37)11-9-19/h2-6,8-11,13-14,17,24,26,29-38,41-45H,7,12,15-16H2,1H3/t17-,24?,26+,29-,30+,31+,32-,33+,34+,35-,36+/m0/s1. The zero-order valence-electron chi connectivity index (χ0n) is 27.4. The van der Waals surface area contributed by atoms with Crippen molar-refractivity contribution in [2.45, 2.75) is 93.7 Å². The van der Waals surface area contributed by atoms with Gasteiger partial charge in [-0.2, -0.15) is 0 Å². The van der Waals surface area contributed by atoms with Crippen molar-refractivity contribution < 1.29 is 73.8 Å². The van der Waals surface area contributed by atoms with Crippen molar-refractivity contribution in [2.75, 3.05) is 6.61 Å². The summed E-state index contributed by atoms with van der Waals surface area (Å²) in [6.07, 6.45) is -16.1. The highest BCUT2D eigenvalue weighted by Crippen LogP contribution is 2.43. The van der Waals surface area contributed by atoms with Crippen molar-refractivity contribution in [3.05, 3.63) is 83.4 Å². The van der Waals surface area contributed by atoms with Gasteiger partial charge in [-0.3, -0.25) is 9.59 Å². The average molecular weight is 713 g/mol. The van der Waals surface area contributed by atoms with Crippen molar-refractivity contribution >= 4 is 11.8 Å². The minimum Gasteiger partial charge on any atom is -0.508 e. The minimum absolute atomic E-state index is 0.0257. The summed E-state index contributed by atoms with van der Waals surface area (Å²) in [5, 5.41) is 73.9. The summed E-state index contributed by atoms with van der Waals surface area (Å²) < 4.78 is 34.8. The summed E-state index contributed by atoms with van der Waals surface area (Å²) in [5.74, 6) is -1.62. The Balaban J connectivity index is 1.22. The molecule has 0 amide bonds. The van der Waals surface area contributed by atoms with Crippen molar-refractivity contribution in [3.63, 3.8) is 0 Å². The lowest BCUT2D eigenvalue weighted by Crippen LogP contribution is -2.64. The van der Waals surface area contributed by atoms with Crippen LogP contribution in [0.25, 0.3) is 0 Å². The maximum atomic E-state index is 13.1. The molecule has 0 aromatic heterocycles. The number of esters is 1. The van der Waals surface area contributed by atoms with Gasteiger partial charge in [-0.15, -0.1) is 0 Å². The lowest BCUT2D eigenvalue weighted by atomic mass is 9.95. The number of phenolic OH excluding ortho intramolecular Hbond substituents is 2. The van der Waals surface area contributed by atoms with Gasteiger partial charge in [0.25, 0.3) is 0 Å². The van der Waals surface area contributed by atoms with E-state index in [0.29, 0.717) is 12.0 Å². The highest BCUT2D eigenvalue weighted by Gasteiger charge is 2.51. The van der Waals surface area contributed by atoms with Crippen LogP contribution in [0, 0.1) is 0 Å². The summed E-state index contributed by atoms with van der Waals surface area (Å²) >= 11 is 0. The molecule has 0 radical (unpaired) electrons. The van der Waals surface area contributed by atoms with Gasteiger partial charge in [0, 0.05) is 18.6 Å². The number of carbonyl (C=O) groups is 2. The molecule has 274 valence electrons. The SMILES string of the molecule is C[C@@H]1O[C@@H](O[C@H]2[C@H](Oc3cc(O)c4c(c3)OC(c3ccc(O)cc3)CC4=O)O[C@H](COC(=O)CCc3ccccc3)[C@@H](O)[C@@H]2O)[C@H](O)[C@H](O)[C@H]1O. The first-order valence-corrected chi connectivity index (χ1v) is 16.5. The molecule has 15 heteroatoms. The number of rotatable bonds is 10. The van der Waals surface area contributed by atoms with Gasteiger partial charge in [-0.1, -0.05) is 42.5 Å². The number of aliphatic hydroxyl groups excluding tert-OH is 5. The van der Waals surface area contributed by atoms with Crippen molar-refractivity contribution in [3.8, 4) is 23.0 Å². The summed E-state index contributed by atoms with van der Waals surface area (Å²) in [4.78, 5) is 25.6. The zero-order valence-corrected chi connectivity index (χ0v) is 27.4. The van der Waals surface area contributed by atoms with Crippen LogP contribution in [0.5, 0.6) is 23.0 Å². The largest absolute Gasteiger partial charge is 0.508 e. The molecule has 6 rings (SSSR count). The highest BCUT2D eigenvalue weighted by atomic mass is 16.8. The van der Waals surface area contributed by atoms with Crippen molar-refractivity contribution in [2.24, 2.45) is 0 Å². The number of aromatic hydroxyl groups is 2. The van der Waals surface area contributed by atoms with E-state index >= 15 is 0 Å². The number of carbonyl (C=O) groups excluding carboxylic acids is 2. The Bertz CT molecular complexity index is 1670. The van der Waals surface area contributed by atoms with E-state index in [1.807, 2.05) is 30.3 Å². The molecule has 15 nitrogen and oxygen atoms in total. The summed E-state index contributed by atoms with van der Waals surface area (Å²) in [7, 11) is 0. The van der Waals surface area contributed by atoms with Crippen LogP contribution in [0.15, 0.2) is 66.7 Å². The molecule has 0 aliphatic carbocycles. The molecule has 3 aromatic rings. The van der Waals surface area contributed by atoms with Crippen LogP contribution in [-0.4, -0.2) is 116 Å². The molecule has 3 heterocycles. The Morgan fingerprint density at radius 1 is 0.843 bits per heavy atom. The molecule has 3 aliphatic rings. The highest BCUT2D eigenvalue weighted by molar-refractivity contribution is 6.02. The van der Waals surface area contributed by atoms with Gasteiger partial charge < -0.3 is 64.2 Å². The number of aliphatic hydroxyl groups is 5. The van der Waals surface area contributed by atoms with Crippen LogP contribution in [0.1, 0.15) is 47.4 Å². The van der Waals surface area contributed by atoms with E-state index in [1.165, 1.54) is 25.1 Å². The van der Waals surface area contributed by atoms with Crippen LogP contribution in [0.4, 0.5) is 0 Å². The Morgan fingerprint density at radius 3 is 2.29 bits per heavy atom. The molecule has 7 N–H and O–H groups in total. The topological polar surface area (TPSA) is 231 Å². The van der Waals surface area contributed by atoms with Gasteiger partial charge in [0.15, 0.2) is 18.2 Å². The molecule has 3 aromatic carbocycles. The quantitative estimate of drug-likeness (QED) is 0.146. The first-order valence-electron chi connectivity index (χ1n) is 16.5. The predicted molar refractivity (Wildman–Crippen MR) is 173 cm³/mol. The second-order valence-electron chi connectivity index (χ2n) is 12.7. The number of ketones is 1. The van der Waals surface area contributed by atoms with Crippen LogP contribution in [0.3, 0.4) is 0 Å². The third kappa shape index (κ3) is 8.11. The van der Waals surface area contributed by atoms with Gasteiger partial charge in [-0.25, -0.2) is 0 Å². The van der Waals surface area contributed by atoms with E-state index in [0.717, 1.165) is 11.6 Å². The van der Waals surface area contributed by atoms with E-state index in [9.17, 15) is 45.3 Å². The third-order valence-corrected chi connectivity index (χ3v) is 9.10. The summed E-state index contributed by atoms with van der Waals surface area (Å²) in [6, 6.07) is 17.8. The smallest absolute Gasteiger partial charge is 0.306 e. The molecule has 2 saturated heterocycles. The van der Waals surface area contributed by atoms with Crippen LogP contribution < -0.4 is 9.47 Å². The Morgan fingerprint density at radius 2 is 1.57 bits per heavy atom. The van der Waals surface area contributed by atoms with E-state index in [4.69, 9.17) is 28.4 Å². The number of phenols is 2. The fourth-order valence-electron chi connectivity index (χ4n) is 6.19. The number of fused-ring (bicyclic) bond motifs is 1. The Labute approximate surface area is 292 Å². The van der Waals surface area contributed by atoms with Crippen LogP contribution in [-0.2, 0) is 30.2 Å². The van der Waals surface area contributed by atoms with Crippen molar-refractivity contribution in [1.29, 1.82) is 0 Å². The summed E-state index contributed by atoms with van der Waals surface area (Å²) in [5.41, 5.74) is 1.41. The lowest BCUT2D eigenvalue weighted by Gasteiger charge is -2.45. The van der Waals surface area contributed by atoms with Crippen LogP contribution >= 0.6 is 0 Å². The maximum Gasteiger partial charge on any atom is 0.306 e. The average Bonchev–Trinajstić information content (AvgIpc) is 3.11. The molecular formula is C36H40O15. The molecule has 0 spiro atoms. The second kappa shape index (κ2) is 15.5. The molecule has 3 aliphatic heterocycles. The first kappa shape index (κ1) is 36.5. The van der Waals surface area contributed by atoms with Crippen LogP contribution in [0.2, 0.25) is 0 Å². The van der Waals surface area contributed by atoms with Gasteiger partial charge in [0.2, 0.25) is 6.29 Å². The van der Waals surface area contributed by atoms with E-state index in [2.05, 4.69) is 0 Å². The monoisotopic (exact) mass is 712 g/mol. The first-order chi connectivity index (χ1) is 24.4. The van der Waals surface area contributed by atoms with Gasteiger partial charge in [0.1, 0.15) is 77.9 Å². The number of aryl methyl sites for hydroxylation is 1. The maximum absolute atomic E-state index is 13.1. The summed E-state index contributed by atoms with van der Waals surface area (Å²) in [6.45, 7) is 0.932. The lowest BCUT2D eigenvalue weighted by molar-refractivity contribution is -0.354. The van der Waals surface area contributed by atoms with Crippen molar-refractivity contribution in [1.82, 2.24) is 0 Å². The minimum atomic E-state index is -1.81. The van der Waals surface area contributed by atoms with Gasteiger partial charge in [0.05, 0.1) is 12.5 Å². The van der Waals surface area contributed by atoms with E-state index < -0.39 is 91.6 Å². The van der Waals surface area contributed by atoms with E-state index in [-0.39, 0.29) is 35.7 Å². The Kier molecular flexibility index (Phi) is 11.1. The molecule has 2 fully saturated rings. The van der Waals surface area contributed by atoms with Gasteiger partial charge >= 0.3 is 5.97 Å². The molecule has 0 saturated carbocycles. The molecule has 1 unspecified atom stereocenters. The third-order valence-electron chi connectivity index (χ3n) is 9.10. The number of Topliss-reactive ketones (excluding diaryl/α,β-unsaturated/α-hetero) is 1. The van der Waals surface area contributed by atoms with Gasteiger partial charge in [-0.05, 0) is 36.6 Å². The fraction of sp³-hybridized carbons (Fsp3) is 0.444. The normalized spacial score (nSPS) is 32.0. The second-order valence-corrected chi connectivity index (χ2v) is 12.7. The number of hydrogen-bond acceptors (Lipinski definition) is 15. The Hall–Kier alpha value is -4.32. The predicted octanol–water partition coefficient (Wildman–Crippen LogP) is 1.02. The molecule has 0 bridgehead atoms. The van der Waals surface area contributed by atoms with E-state index in [1.54, 1.807) is 12.1 Å². The molecule has 51 heavy (non-hydrogen) atoms. The molecular weight excluding hydrogens is 672 g/mol. The fourth-order valence-corrected chi connectivity index (χ4v) is 6.19. The molecule has 11 atom stereocenters. The number of ether oxygens (including phenoxy) is 6.